The Hall–Kier alpha value is -11.1. The number of nitrogens with zero attached hydrogens (tertiary/aromatic N) is 12. The number of halogens is 2. The summed E-state index contributed by atoms with van der Waals surface area (Å²) < 4.78 is 59.1. The SMILES string of the molecule is COCCn1c(CN2CCC(c3cccc(Cl)n3)CC2)nc2ccc(C(=O)OC)cc21.COCCn1c(CN2CCC(c3cccc(OCc4ccc5c(c4)COC5=O)n3)CC2)nc2ccc(C(=O)O)cc21.COCCn1c(CN2CCC(c3cccc(OCc4ccc5c(c4)COC5=O)n3)CC2)nc2ccc(C(=O)OC)cc21.O=C1OCc2cc(CO)ccc21.[I-].[Li+]. The van der Waals surface area contributed by atoms with Gasteiger partial charge in [-0.25, -0.2) is 58.7 Å². The predicted molar refractivity (Wildman–Crippen MR) is 465 cm³/mol. The predicted octanol–water partition coefficient (Wildman–Crippen LogP) is 7.65. The Kier molecular flexibility index (Phi) is 33.1. The van der Waals surface area contributed by atoms with E-state index >= 15 is 0 Å². The van der Waals surface area contributed by atoms with Gasteiger partial charge in [0.2, 0.25) is 11.8 Å². The molecule has 6 aliphatic heterocycles. The van der Waals surface area contributed by atoms with Crippen molar-refractivity contribution < 1.29 is 129 Å². The summed E-state index contributed by atoms with van der Waals surface area (Å²) in [4.78, 5) is 106. The molecule has 3 saturated heterocycles. The number of rotatable bonds is 28. The van der Waals surface area contributed by atoms with Crippen molar-refractivity contribution in [3.63, 3.8) is 0 Å². The number of piperidine rings is 3. The molecule has 6 aliphatic rings. The average molecular weight is 1870 g/mol. The molecule has 18 rings (SSSR count). The zero-order chi connectivity index (χ0) is 87.7. The maximum Gasteiger partial charge on any atom is 1.00 e. The molecular formula is C95H101ClILiN12O18. The van der Waals surface area contributed by atoms with E-state index in [2.05, 4.69) is 51.6 Å². The van der Waals surface area contributed by atoms with E-state index in [1.165, 1.54) is 14.2 Å². The quantitative estimate of drug-likeness (QED) is 0.0156. The number of carbonyl (C=O) groups is 6. The van der Waals surface area contributed by atoms with Crippen LogP contribution in [0.15, 0.2) is 164 Å². The summed E-state index contributed by atoms with van der Waals surface area (Å²) in [6.07, 6.45) is 5.99. The van der Waals surface area contributed by atoms with Crippen molar-refractivity contribution in [2.24, 2.45) is 0 Å². The first-order chi connectivity index (χ1) is 61.4. The van der Waals surface area contributed by atoms with Crippen molar-refractivity contribution in [3.8, 4) is 11.8 Å². The summed E-state index contributed by atoms with van der Waals surface area (Å²) in [7, 11) is 7.81. The van der Waals surface area contributed by atoms with Crippen molar-refractivity contribution >= 4 is 80.5 Å². The third-order valence-corrected chi connectivity index (χ3v) is 23.9. The number of fused-ring (bicyclic) bond motifs is 6. The molecule has 0 bridgehead atoms. The number of cyclic esters (lactones) is 3. The molecule has 12 heterocycles. The second-order valence-electron chi connectivity index (χ2n) is 31.7. The van der Waals surface area contributed by atoms with Crippen LogP contribution in [-0.2, 0) is 117 Å². The monoisotopic (exact) mass is 1870 g/mol. The van der Waals surface area contributed by atoms with Gasteiger partial charge in [0.15, 0.2) is 0 Å². The van der Waals surface area contributed by atoms with Crippen LogP contribution in [-0.4, -0.2) is 199 Å². The summed E-state index contributed by atoms with van der Waals surface area (Å²) in [5.74, 6) is 2.69. The van der Waals surface area contributed by atoms with Crippen molar-refractivity contribution in [2.75, 3.05) is 94.6 Å². The Labute approximate surface area is 774 Å². The third kappa shape index (κ3) is 23.1. The zero-order valence-corrected chi connectivity index (χ0v) is 75.4. The van der Waals surface area contributed by atoms with Crippen molar-refractivity contribution in [1.82, 2.24) is 58.3 Å². The molecule has 6 aromatic carbocycles. The Morgan fingerprint density at radius 2 is 0.758 bits per heavy atom. The van der Waals surface area contributed by atoms with Crippen LogP contribution >= 0.6 is 11.6 Å². The van der Waals surface area contributed by atoms with Gasteiger partial charge in [0.1, 0.15) is 55.7 Å². The minimum atomic E-state index is -0.950. The second kappa shape index (κ2) is 44.8. The van der Waals surface area contributed by atoms with Crippen LogP contribution in [0.3, 0.4) is 0 Å². The van der Waals surface area contributed by atoms with Gasteiger partial charge in [-0.15, -0.1) is 0 Å². The first kappa shape index (κ1) is 94.5. The molecule has 0 aliphatic carbocycles. The maximum atomic E-state index is 12.1. The molecule has 0 saturated carbocycles. The normalized spacial score (nSPS) is 15.2. The number of aliphatic hydroxyl groups is 1. The molecule has 2 N–H and O–H groups in total. The number of benzene rings is 6. The van der Waals surface area contributed by atoms with E-state index in [0.717, 1.165) is 185 Å². The van der Waals surface area contributed by atoms with Crippen LogP contribution in [0.4, 0.5) is 0 Å². The number of aliphatic hydroxyl groups excluding tert-OH is 1. The van der Waals surface area contributed by atoms with Crippen LogP contribution in [0.5, 0.6) is 11.8 Å². The summed E-state index contributed by atoms with van der Waals surface area (Å²) in [6, 6.07) is 50.3. The van der Waals surface area contributed by atoms with Gasteiger partial charge in [0, 0.05) is 105 Å². The Bertz CT molecular complexity index is 5950. The number of hydrogen-bond donors (Lipinski definition) is 2. The number of carboxylic acids is 1. The first-order valence-electron chi connectivity index (χ1n) is 42.2. The Morgan fingerprint density at radius 1 is 0.422 bits per heavy atom. The molecule has 128 heavy (non-hydrogen) atoms. The molecule has 3 fully saturated rings. The fourth-order valence-electron chi connectivity index (χ4n) is 16.8. The largest absolute Gasteiger partial charge is 1.00 e. The molecular weight excluding hydrogens is 1770 g/mol. The minimum absolute atomic E-state index is 0. The molecule has 0 spiro atoms. The van der Waals surface area contributed by atoms with E-state index < -0.39 is 5.97 Å². The first-order valence-corrected chi connectivity index (χ1v) is 42.6. The summed E-state index contributed by atoms with van der Waals surface area (Å²) in [5.41, 5.74) is 16.9. The average Bonchev–Trinajstić information content (AvgIpc) is 1.64. The number of pyridine rings is 3. The van der Waals surface area contributed by atoms with Gasteiger partial charge in [-0.1, -0.05) is 48.0 Å². The van der Waals surface area contributed by atoms with Crippen LogP contribution in [0.1, 0.15) is 186 Å². The van der Waals surface area contributed by atoms with Crippen LogP contribution in [0, 0.1) is 0 Å². The molecule has 0 atom stereocenters. The maximum absolute atomic E-state index is 12.1. The third-order valence-electron chi connectivity index (χ3n) is 23.7. The van der Waals surface area contributed by atoms with Crippen LogP contribution < -0.4 is 52.3 Å². The number of imidazole rings is 3. The smallest absolute Gasteiger partial charge is 1.00 e. The van der Waals surface area contributed by atoms with E-state index in [-0.39, 0.29) is 84.9 Å². The number of hydrogen-bond acceptors (Lipinski definition) is 26. The molecule has 664 valence electrons. The number of esters is 5. The fourth-order valence-corrected chi connectivity index (χ4v) is 17.0. The van der Waals surface area contributed by atoms with Crippen LogP contribution in [0.2, 0.25) is 5.15 Å². The van der Waals surface area contributed by atoms with E-state index in [9.17, 15) is 33.9 Å². The summed E-state index contributed by atoms with van der Waals surface area (Å²) in [6.45, 7) is 13.0. The number of aromatic carboxylic acids is 1. The second-order valence-corrected chi connectivity index (χ2v) is 32.1. The van der Waals surface area contributed by atoms with Crippen LogP contribution in [0.25, 0.3) is 33.1 Å². The fraction of sp³-hybridized carbons (Fsp3) is 0.368. The van der Waals surface area contributed by atoms with E-state index in [0.29, 0.717) is 148 Å². The van der Waals surface area contributed by atoms with Gasteiger partial charge in [-0.05, 0) is 210 Å². The minimum Gasteiger partial charge on any atom is -1.00 e. The molecule has 0 amide bonds. The van der Waals surface area contributed by atoms with Gasteiger partial charge in [-0.3, -0.25) is 14.7 Å². The standard InChI is InChI=1S/C32H34N4O6.C31H32N4O6.C23H27ClN4O3.C9H8O3.HI.Li/c1-39-15-14-36-28-17-23(31(37)40-2)7-9-27(28)33-29(36)18-35-12-10-22(11-13-35)26-4-3-5-30(34-26)41-19-21-6-8-25-24(16-21)20-42-32(25)38;1-39-14-13-35-27-16-22(30(36)37)6-8-26(27)32-28(35)17-34-11-9-21(10-12-34)25-3-2-4-29(33-25)40-18-20-5-7-24-23(15-20)19-41-31(24)38;1-30-13-12-28-20-14-17(23(29)31-2)6-7-19(20)26-22(28)15-27-10-8-16(9-11-27)18-4-3-5-21(24)25-18;10-4-6-1-2-8-7(3-6)5-12-9(8)11;;/h3-9,16-17,22H,10-15,18-20H2,1-2H3;2-8,15-16,21H,9-14,17-19H2,1H3,(H,36,37);3-7,14,16H,8-13,15H2,1-2H3;1-3,10H,4-5H2;1H;/q;;;;;+1/p-1. The number of aromatic nitrogens is 9. The molecule has 33 heteroatoms. The molecule has 0 unspecified atom stereocenters. The van der Waals surface area contributed by atoms with E-state index in [4.69, 9.17) is 89.0 Å². The van der Waals surface area contributed by atoms with Gasteiger partial charge in [0.25, 0.3) is 0 Å². The summed E-state index contributed by atoms with van der Waals surface area (Å²) in [5, 5.41) is 18.8. The molecule has 6 aromatic heterocycles. The van der Waals surface area contributed by atoms with Crippen molar-refractivity contribution in [2.45, 2.75) is 135 Å². The number of likely N-dealkylation sites (tertiary alicyclic amines) is 3. The van der Waals surface area contributed by atoms with E-state index in [1.54, 1.807) is 82.0 Å². The van der Waals surface area contributed by atoms with Crippen molar-refractivity contribution in [3.05, 3.63) is 270 Å². The van der Waals surface area contributed by atoms with Gasteiger partial charge >= 0.3 is 54.7 Å². The number of ether oxygens (including phenoxy) is 10. The van der Waals surface area contributed by atoms with Gasteiger partial charge in [-0.2, -0.15) is 0 Å². The Balaban J connectivity index is 0.000000154. The van der Waals surface area contributed by atoms with E-state index in [1.807, 2.05) is 84.9 Å². The molecule has 0 radical (unpaired) electrons. The molecule has 30 nitrogen and oxygen atoms in total. The van der Waals surface area contributed by atoms with Gasteiger partial charge < -0.3 is 95.3 Å². The van der Waals surface area contributed by atoms with Crippen molar-refractivity contribution in [1.29, 1.82) is 0 Å². The molecule has 12 aromatic rings. The van der Waals surface area contributed by atoms with Gasteiger partial charge in [0.05, 0.1) is 127 Å². The Morgan fingerprint density at radius 3 is 1.10 bits per heavy atom. The number of carbonyl (C=O) groups excluding carboxylic acids is 5. The number of carboxylic acid groups (broad SMARTS) is 1. The number of methoxy groups -OCH3 is 5. The topological polar surface area (TPSA) is 337 Å². The zero-order valence-electron chi connectivity index (χ0n) is 72.5. The summed E-state index contributed by atoms with van der Waals surface area (Å²) >= 11 is 6.07.